The third kappa shape index (κ3) is 7.59. The first kappa shape index (κ1) is 30.4. The van der Waals surface area contributed by atoms with Gasteiger partial charge in [0.15, 0.2) is 0 Å². The van der Waals surface area contributed by atoms with Crippen molar-refractivity contribution in [3.8, 4) is 5.69 Å². The van der Waals surface area contributed by atoms with E-state index in [0.29, 0.717) is 12.1 Å². The van der Waals surface area contributed by atoms with Gasteiger partial charge in [-0.3, -0.25) is 9.59 Å². The van der Waals surface area contributed by atoms with Crippen molar-refractivity contribution in [2.75, 3.05) is 18.4 Å². The zero-order valence-corrected chi connectivity index (χ0v) is 25.0. The van der Waals surface area contributed by atoms with Gasteiger partial charge in [0.05, 0.1) is 17.7 Å². The first-order chi connectivity index (χ1) is 20.0. The maximum absolute atomic E-state index is 13.6. The maximum atomic E-state index is 13.6. The summed E-state index contributed by atoms with van der Waals surface area (Å²) in [5.74, 6) is -0.825. The molecule has 2 amide bonds. The van der Waals surface area contributed by atoms with E-state index in [-0.39, 0.29) is 17.3 Å². The number of benzene rings is 3. The Morgan fingerprint density at radius 3 is 2.24 bits per heavy atom. The summed E-state index contributed by atoms with van der Waals surface area (Å²) in [6, 6.07) is 25.5. The third-order valence-electron chi connectivity index (χ3n) is 6.78. The summed E-state index contributed by atoms with van der Waals surface area (Å²) in [6.45, 7) is 7.07. The van der Waals surface area contributed by atoms with Gasteiger partial charge in [0.1, 0.15) is 0 Å². The Bertz CT molecular complexity index is 1680. The second-order valence-corrected chi connectivity index (χ2v) is 12.0. The van der Waals surface area contributed by atoms with E-state index in [9.17, 15) is 18.0 Å². The van der Waals surface area contributed by atoms with E-state index in [4.69, 9.17) is 0 Å². The molecule has 0 atom stereocenters. The van der Waals surface area contributed by atoms with Gasteiger partial charge in [-0.15, -0.1) is 0 Å². The van der Waals surface area contributed by atoms with Gasteiger partial charge in [-0.25, -0.2) is 13.8 Å². The van der Waals surface area contributed by atoms with Gasteiger partial charge >= 0.3 is 0 Å². The number of aryl methyl sites for hydroxylation is 2. The van der Waals surface area contributed by atoms with Crippen molar-refractivity contribution in [3.63, 3.8) is 0 Å². The number of carbonyl (C=O) groups excluding carboxylic acids is 2. The van der Waals surface area contributed by atoms with Crippen LogP contribution in [0.15, 0.2) is 94.9 Å². The molecular weight excluding hydrogens is 550 g/mol. The second-order valence-electron chi connectivity index (χ2n) is 10.1. The Morgan fingerprint density at radius 2 is 1.60 bits per heavy atom. The minimum atomic E-state index is -4.03. The summed E-state index contributed by atoms with van der Waals surface area (Å²) >= 11 is 0. The number of aromatic nitrogens is 1. The van der Waals surface area contributed by atoms with E-state index < -0.39 is 22.5 Å². The van der Waals surface area contributed by atoms with Crippen molar-refractivity contribution in [1.82, 2.24) is 14.3 Å². The SMILES string of the molecule is CC(=O)Nc1ccc(S(=O)(=O)N(CCc2ccccc2)CC(=O)N/N=C\c2cc(C)n(-c3ccc(C)cc3)c2C)cc1. The summed E-state index contributed by atoms with van der Waals surface area (Å²) < 4.78 is 30.4. The molecule has 42 heavy (non-hydrogen) atoms. The Hall–Kier alpha value is -4.54. The van der Waals surface area contributed by atoms with Gasteiger partial charge in [-0.2, -0.15) is 9.41 Å². The van der Waals surface area contributed by atoms with Crippen LogP contribution >= 0.6 is 0 Å². The molecule has 0 fully saturated rings. The molecule has 0 saturated carbocycles. The largest absolute Gasteiger partial charge is 0.326 e. The van der Waals surface area contributed by atoms with Crippen LogP contribution in [0.4, 0.5) is 5.69 Å². The Balaban J connectivity index is 1.49. The molecule has 0 aliphatic carbocycles. The topological polar surface area (TPSA) is 113 Å². The highest BCUT2D eigenvalue weighted by atomic mass is 32.2. The highest BCUT2D eigenvalue weighted by Gasteiger charge is 2.26. The lowest BCUT2D eigenvalue weighted by Crippen LogP contribution is -2.40. The molecular formula is C32H35N5O4S. The van der Waals surface area contributed by atoms with E-state index in [1.807, 2.05) is 57.2 Å². The van der Waals surface area contributed by atoms with Gasteiger partial charge in [-0.05, 0) is 75.2 Å². The van der Waals surface area contributed by atoms with Crippen molar-refractivity contribution in [2.24, 2.45) is 5.10 Å². The quantitative estimate of drug-likeness (QED) is 0.195. The average Bonchev–Trinajstić information content (AvgIpc) is 3.24. The molecule has 3 aromatic carbocycles. The first-order valence-corrected chi connectivity index (χ1v) is 15.0. The maximum Gasteiger partial charge on any atom is 0.255 e. The number of hydrogen-bond acceptors (Lipinski definition) is 5. The molecule has 0 aliphatic rings. The molecule has 1 aromatic heterocycles. The molecule has 0 bridgehead atoms. The Morgan fingerprint density at radius 1 is 0.929 bits per heavy atom. The van der Waals surface area contributed by atoms with E-state index in [0.717, 1.165) is 32.5 Å². The lowest BCUT2D eigenvalue weighted by Gasteiger charge is -2.21. The molecule has 0 radical (unpaired) electrons. The van der Waals surface area contributed by atoms with Crippen LogP contribution in [0.3, 0.4) is 0 Å². The molecule has 2 N–H and O–H groups in total. The molecule has 4 rings (SSSR count). The van der Waals surface area contributed by atoms with E-state index in [2.05, 4.69) is 44.7 Å². The van der Waals surface area contributed by atoms with Gasteiger partial charge in [0, 0.05) is 41.8 Å². The molecule has 1 heterocycles. The van der Waals surface area contributed by atoms with Gasteiger partial charge in [-0.1, -0.05) is 48.0 Å². The van der Waals surface area contributed by atoms with Crippen LogP contribution in [0, 0.1) is 20.8 Å². The van der Waals surface area contributed by atoms with Crippen LogP contribution in [0.25, 0.3) is 5.69 Å². The molecule has 4 aromatic rings. The number of amides is 2. The fourth-order valence-electron chi connectivity index (χ4n) is 4.62. The van der Waals surface area contributed by atoms with Crippen LogP contribution in [0.2, 0.25) is 0 Å². The fraction of sp³-hybridized carbons (Fsp3) is 0.219. The molecule has 0 saturated heterocycles. The molecule has 10 heteroatoms. The highest BCUT2D eigenvalue weighted by molar-refractivity contribution is 7.89. The summed E-state index contributed by atoms with van der Waals surface area (Å²) in [7, 11) is -4.03. The third-order valence-corrected chi connectivity index (χ3v) is 8.64. The van der Waals surface area contributed by atoms with E-state index in [1.54, 1.807) is 6.21 Å². The number of hydrogen-bond donors (Lipinski definition) is 2. The zero-order valence-electron chi connectivity index (χ0n) is 24.2. The first-order valence-electron chi connectivity index (χ1n) is 13.5. The van der Waals surface area contributed by atoms with Crippen LogP contribution < -0.4 is 10.7 Å². The van der Waals surface area contributed by atoms with Crippen LogP contribution in [0.1, 0.15) is 35.0 Å². The number of nitrogens with one attached hydrogen (secondary N) is 2. The van der Waals surface area contributed by atoms with Crippen molar-refractivity contribution in [2.45, 2.75) is 39.0 Å². The molecule has 0 spiro atoms. The zero-order chi connectivity index (χ0) is 30.3. The molecule has 0 unspecified atom stereocenters. The fourth-order valence-corrected chi connectivity index (χ4v) is 6.02. The lowest BCUT2D eigenvalue weighted by molar-refractivity contribution is -0.121. The minimum absolute atomic E-state index is 0.0181. The number of carbonyl (C=O) groups is 2. The Kier molecular flexibility index (Phi) is 9.72. The summed E-state index contributed by atoms with van der Waals surface area (Å²) in [5, 5.41) is 6.75. The Labute approximate surface area is 246 Å². The number of rotatable bonds is 11. The van der Waals surface area contributed by atoms with Crippen molar-refractivity contribution >= 4 is 33.7 Å². The highest BCUT2D eigenvalue weighted by Crippen LogP contribution is 2.21. The number of anilines is 1. The van der Waals surface area contributed by atoms with Crippen LogP contribution in [-0.4, -0.2) is 48.4 Å². The molecule has 9 nitrogen and oxygen atoms in total. The van der Waals surface area contributed by atoms with Crippen molar-refractivity contribution in [1.29, 1.82) is 0 Å². The smallest absolute Gasteiger partial charge is 0.255 e. The standard InChI is InChI=1S/C32H35N5O4S/c1-23-10-14-30(15-11-23)37-24(2)20-28(25(37)3)21-33-35-32(39)22-36(19-18-27-8-6-5-7-9-27)42(40,41)31-16-12-29(13-17-31)34-26(4)38/h5-17,20-21H,18-19,22H2,1-4H3,(H,34,38)(H,35,39)/b33-21-. The monoisotopic (exact) mass is 585 g/mol. The number of nitrogens with zero attached hydrogens (tertiary/aromatic N) is 3. The summed E-state index contributed by atoms with van der Waals surface area (Å²) in [4.78, 5) is 24.3. The predicted octanol–water partition coefficient (Wildman–Crippen LogP) is 4.74. The summed E-state index contributed by atoms with van der Waals surface area (Å²) in [6.07, 6.45) is 1.99. The number of hydrazone groups is 1. The molecule has 218 valence electrons. The van der Waals surface area contributed by atoms with Crippen molar-refractivity contribution in [3.05, 3.63) is 113 Å². The van der Waals surface area contributed by atoms with E-state index in [1.165, 1.54) is 36.8 Å². The number of sulfonamides is 1. The lowest BCUT2D eigenvalue weighted by atomic mass is 10.1. The van der Waals surface area contributed by atoms with Crippen LogP contribution in [-0.2, 0) is 26.0 Å². The van der Waals surface area contributed by atoms with Crippen LogP contribution in [0.5, 0.6) is 0 Å². The minimum Gasteiger partial charge on any atom is -0.326 e. The van der Waals surface area contributed by atoms with Gasteiger partial charge in [0.25, 0.3) is 5.91 Å². The average molecular weight is 586 g/mol. The van der Waals surface area contributed by atoms with Gasteiger partial charge in [0.2, 0.25) is 15.9 Å². The molecule has 0 aliphatic heterocycles. The van der Waals surface area contributed by atoms with Crippen molar-refractivity contribution < 1.29 is 18.0 Å². The van der Waals surface area contributed by atoms with E-state index >= 15 is 0 Å². The summed E-state index contributed by atoms with van der Waals surface area (Å²) in [5.41, 5.74) is 8.93. The normalized spacial score (nSPS) is 11.6. The van der Waals surface area contributed by atoms with Gasteiger partial charge < -0.3 is 9.88 Å². The predicted molar refractivity (Wildman–Crippen MR) is 165 cm³/mol. The second kappa shape index (κ2) is 13.4.